The van der Waals surface area contributed by atoms with Crippen molar-refractivity contribution in [2.75, 3.05) is 52.0 Å². The zero-order valence-corrected chi connectivity index (χ0v) is 21.4. The molecule has 2 heterocycles. The van der Waals surface area contributed by atoms with E-state index in [4.69, 9.17) is 29.4 Å². The molecule has 2 aliphatic heterocycles. The molecule has 198 valence electrons. The molecule has 1 amide bonds. The number of nitrogens with one attached hydrogen (secondary N) is 1. The largest absolute Gasteiger partial charge is 0.491 e. The number of hydrogen-bond donors (Lipinski definition) is 3. The SMILES string of the molecule is CCC[C@@H](NC(=O)[C@]1(N)CSC(C(C)=O)=N1)C1=CC(OCCOCCOCCOCC)=CC(O)O1. The summed E-state index contributed by atoms with van der Waals surface area (Å²) < 4.78 is 27.3. The normalized spacial score (nSPS) is 22.5. The Hall–Kier alpha value is -1.96. The van der Waals surface area contributed by atoms with Crippen molar-refractivity contribution >= 4 is 28.5 Å². The number of nitrogens with zero attached hydrogens (tertiary/aromatic N) is 1. The minimum atomic E-state index is -1.54. The minimum absolute atomic E-state index is 0.168. The number of carbonyl (C=O) groups excluding carboxylic acids is 2. The summed E-state index contributed by atoms with van der Waals surface area (Å²) in [5.74, 6) is 0.167. The second kappa shape index (κ2) is 15.2. The van der Waals surface area contributed by atoms with Crippen LogP contribution in [0.5, 0.6) is 0 Å². The Morgan fingerprint density at radius 2 is 1.89 bits per heavy atom. The highest BCUT2D eigenvalue weighted by molar-refractivity contribution is 8.16. The number of allylic oxidation sites excluding steroid dienone is 1. The first-order chi connectivity index (χ1) is 16.8. The van der Waals surface area contributed by atoms with Crippen LogP contribution in [0.1, 0.15) is 33.6 Å². The van der Waals surface area contributed by atoms with Crippen molar-refractivity contribution in [3.05, 3.63) is 23.7 Å². The van der Waals surface area contributed by atoms with Gasteiger partial charge in [-0.15, -0.1) is 0 Å². The molecule has 0 aromatic rings. The van der Waals surface area contributed by atoms with Gasteiger partial charge in [0.1, 0.15) is 23.2 Å². The summed E-state index contributed by atoms with van der Waals surface area (Å²) in [7, 11) is 0. The Bertz CT molecular complexity index is 804. The van der Waals surface area contributed by atoms with E-state index in [1.165, 1.54) is 13.0 Å². The summed E-state index contributed by atoms with van der Waals surface area (Å²) in [6, 6.07) is -0.554. The fraction of sp³-hybridized carbons (Fsp3) is 0.696. The van der Waals surface area contributed by atoms with E-state index in [2.05, 4.69) is 10.3 Å². The van der Waals surface area contributed by atoms with Crippen LogP contribution in [0.15, 0.2) is 28.7 Å². The molecule has 0 saturated carbocycles. The maximum atomic E-state index is 12.9. The Balaban J connectivity index is 1.86. The van der Waals surface area contributed by atoms with Crippen molar-refractivity contribution in [1.29, 1.82) is 0 Å². The number of thioether (sulfide) groups is 1. The van der Waals surface area contributed by atoms with Crippen LogP contribution < -0.4 is 11.1 Å². The summed E-state index contributed by atoms with van der Waals surface area (Å²) >= 11 is 1.16. The average molecular weight is 516 g/mol. The van der Waals surface area contributed by atoms with Gasteiger partial charge in [0.05, 0.1) is 39.1 Å². The van der Waals surface area contributed by atoms with Gasteiger partial charge in [-0.2, -0.15) is 0 Å². The highest BCUT2D eigenvalue weighted by Gasteiger charge is 2.41. The van der Waals surface area contributed by atoms with Crippen LogP contribution in [-0.2, 0) is 33.3 Å². The maximum absolute atomic E-state index is 12.9. The van der Waals surface area contributed by atoms with E-state index in [-0.39, 0.29) is 23.2 Å². The molecule has 35 heavy (non-hydrogen) atoms. The van der Waals surface area contributed by atoms with E-state index in [1.54, 1.807) is 6.08 Å². The number of aliphatic imine (C=N–C) groups is 1. The van der Waals surface area contributed by atoms with Crippen LogP contribution in [-0.4, -0.2) is 91.8 Å². The monoisotopic (exact) mass is 515 g/mol. The summed E-state index contributed by atoms with van der Waals surface area (Å²) in [5, 5.41) is 13.2. The van der Waals surface area contributed by atoms with E-state index in [1.807, 2.05) is 13.8 Å². The van der Waals surface area contributed by atoms with Crippen LogP contribution in [0.25, 0.3) is 0 Å². The third kappa shape index (κ3) is 9.90. The summed E-state index contributed by atoms with van der Waals surface area (Å²) in [5.41, 5.74) is 4.62. The third-order valence-electron chi connectivity index (χ3n) is 4.94. The smallest absolute Gasteiger partial charge is 0.264 e. The standard InChI is InChI=1S/C23H37N3O8S/c1-4-6-18(25-22(29)23(24)15-35-21(26-23)16(3)27)19-13-17(14-20(28)34-19)33-12-11-32-10-9-31-8-7-30-5-2/h13-14,18,20,28H,4-12,15,24H2,1-3H3,(H,25,29)/t18-,20?,23+/m1/s1. The predicted octanol–water partition coefficient (Wildman–Crippen LogP) is 0.863. The zero-order chi connectivity index (χ0) is 25.7. The summed E-state index contributed by atoms with van der Waals surface area (Å²) in [6.45, 7) is 8.51. The predicted molar refractivity (Wildman–Crippen MR) is 132 cm³/mol. The Kier molecular flexibility index (Phi) is 12.7. The number of amides is 1. The Morgan fingerprint density at radius 1 is 1.23 bits per heavy atom. The van der Waals surface area contributed by atoms with Crippen molar-refractivity contribution in [1.82, 2.24) is 5.32 Å². The van der Waals surface area contributed by atoms with Gasteiger partial charge in [-0.05, 0) is 13.3 Å². The van der Waals surface area contributed by atoms with Crippen LogP contribution in [0.2, 0.25) is 0 Å². The number of hydrogen-bond acceptors (Lipinski definition) is 11. The average Bonchev–Trinajstić information content (AvgIpc) is 3.23. The molecule has 0 fully saturated rings. The van der Waals surface area contributed by atoms with Gasteiger partial charge in [0, 0.05) is 31.4 Å². The molecule has 12 heteroatoms. The molecule has 2 rings (SSSR count). The molecule has 3 atom stereocenters. The number of nitrogens with two attached hydrogens (primary N) is 1. The fourth-order valence-electron chi connectivity index (χ4n) is 3.19. The van der Waals surface area contributed by atoms with Crippen LogP contribution in [0, 0.1) is 0 Å². The van der Waals surface area contributed by atoms with Gasteiger partial charge in [-0.3, -0.25) is 15.3 Å². The molecule has 0 bridgehead atoms. The third-order valence-corrected chi connectivity index (χ3v) is 6.18. The molecule has 2 aliphatic rings. The summed E-state index contributed by atoms with van der Waals surface area (Å²) in [4.78, 5) is 28.6. The molecule has 4 N–H and O–H groups in total. The van der Waals surface area contributed by atoms with Gasteiger partial charge < -0.3 is 34.1 Å². The van der Waals surface area contributed by atoms with Gasteiger partial charge in [0.2, 0.25) is 6.29 Å². The van der Waals surface area contributed by atoms with Gasteiger partial charge in [-0.25, -0.2) is 4.99 Å². The molecule has 0 aromatic heterocycles. The number of carbonyl (C=O) groups is 2. The number of aliphatic hydroxyl groups is 1. The first-order valence-electron chi connectivity index (χ1n) is 11.8. The second-order valence-electron chi connectivity index (χ2n) is 7.90. The van der Waals surface area contributed by atoms with Crippen molar-refractivity contribution in [2.45, 2.75) is 51.6 Å². The number of ketones is 1. The van der Waals surface area contributed by atoms with Crippen molar-refractivity contribution in [3.8, 4) is 0 Å². The fourth-order valence-corrected chi connectivity index (χ4v) is 4.17. The topological polar surface area (TPSA) is 151 Å². The first kappa shape index (κ1) is 29.3. The molecule has 0 spiro atoms. The number of aliphatic hydroxyl groups excluding tert-OH is 1. The van der Waals surface area contributed by atoms with Crippen molar-refractivity contribution in [3.63, 3.8) is 0 Å². The molecule has 1 unspecified atom stereocenters. The Labute approximate surface area is 210 Å². The first-order valence-corrected chi connectivity index (χ1v) is 12.7. The molecule has 11 nitrogen and oxygen atoms in total. The highest BCUT2D eigenvalue weighted by atomic mass is 32.2. The molecule has 0 saturated heterocycles. The van der Waals surface area contributed by atoms with Crippen molar-refractivity contribution in [2.24, 2.45) is 10.7 Å². The lowest BCUT2D eigenvalue weighted by atomic mass is 10.1. The van der Waals surface area contributed by atoms with Crippen LogP contribution in [0.3, 0.4) is 0 Å². The minimum Gasteiger partial charge on any atom is -0.491 e. The number of Topliss-reactive ketones (excluding diaryl/α,β-unsaturated/α-hetero) is 1. The van der Waals surface area contributed by atoms with E-state index >= 15 is 0 Å². The lowest BCUT2D eigenvalue weighted by Gasteiger charge is -2.29. The van der Waals surface area contributed by atoms with Crippen molar-refractivity contribution < 1.29 is 38.4 Å². The molecular formula is C23H37N3O8S. The van der Waals surface area contributed by atoms with E-state index < -0.39 is 23.9 Å². The van der Waals surface area contributed by atoms with Crippen LogP contribution >= 0.6 is 11.8 Å². The van der Waals surface area contributed by atoms with Gasteiger partial charge in [-0.1, -0.05) is 25.1 Å². The maximum Gasteiger partial charge on any atom is 0.264 e. The van der Waals surface area contributed by atoms with E-state index in [0.29, 0.717) is 57.6 Å². The molecule has 0 aliphatic carbocycles. The summed E-state index contributed by atoms with van der Waals surface area (Å²) in [6.07, 6.45) is 3.10. The van der Waals surface area contributed by atoms with Gasteiger partial charge >= 0.3 is 0 Å². The second-order valence-corrected chi connectivity index (χ2v) is 8.86. The number of rotatable bonds is 17. The number of ether oxygens (including phenoxy) is 5. The molecular weight excluding hydrogens is 478 g/mol. The highest BCUT2D eigenvalue weighted by Crippen LogP contribution is 2.26. The Morgan fingerprint density at radius 3 is 2.49 bits per heavy atom. The molecule has 0 aromatic carbocycles. The van der Waals surface area contributed by atoms with Crippen LogP contribution in [0.4, 0.5) is 0 Å². The van der Waals surface area contributed by atoms with Gasteiger partial charge in [0.15, 0.2) is 11.4 Å². The van der Waals surface area contributed by atoms with E-state index in [0.717, 1.165) is 18.2 Å². The lowest BCUT2D eigenvalue weighted by Crippen LogP contribution is -2.56. The molecule has 0 radical (unpaired) electrons. The van der Waals surface area contributed by atoms with E-state index in [9.17, 15) is 14.7 Å². The lowest BCUT2D eigenvalue weighted by molar-refractivity contribution is -0.126. The quantitative estimate of drug-likeness (QED) is 0.238. The van der Waals surface area contributed by atoms with Gasteiger partial charge in [0.25, 0.3) is 5.91 Å². The zero-order valence-electron chi connectivity index (χ0n) is 20.6.